The quantitative estimate of drug-likeness (QED) is 0.790. The van der Waals surface area contributed by atoms with Gasteiger partial charge in [0.1, 0.15) is 0 Å². The van der Waals surface area contributed by atoms with Crippen LogP contribution in [0, 0.1) is 0 Å². The number of amides is 2. The van der Waals surface area contributed by atoms with Crippen LogP contribution in [0.3, 0.4) is 0 Å². The fourth-order valence-electron chi connectivity index (χ4n) is 3.55. The van der Waals surface area contributed by atoms with E-state index in [-0.39, 0.29) is 24.0 Å². The Morgan fingerprint density at radius 1 is 1.32 bits per heavy atom. The van der Waals surface area contributed by atoms with E-state index >= 15 is 0 Å². The molecule has 2 aliphatic heterocycles. The Hall–Kier alpha value is -1.93. The standard InChI is InChI=1S/C17H27N5O3/c1-14(23)19-15-4-2-6-21(10-15)17(24)13-20-8-9-25-16(11-20)12-22-7-3-5-18-22/h3,5,7,15-16H,2,4,6,8-13H2,1H3,(H,19,23)/t15-,16-/m1/s1. The molecule has 3 heterocycles. The van der Waals surface area contributed by atoms with Crippen molar-refractivity contribution < 1.29 is 14.3 Å². The van der Waals surface area contributed by atoms with Gasteiger partial charge in [0.15, 0.2) is 0 Å². The van der Waals surface area contributed by atoms with Gasteiger partial charge >= 0.3 is 0 Å². The molecule has 0 unspecified atom stereocenters. The third-order valence-electron chi connectivity index (χ3n) is 4.71. The van der Waals surface area contributed by atoms with E-state index in [2.05, 4.69) is 15.3 Å². The zero-order chi connectivity index (χ0) is 17.6. The molecule has 2 atom stereocenters. The second kappa shape index (κ2) is 8.44. The van der Waals surface area contributed by atoms with Gasteiger partial charge in [-0.1, -0.05) is 0 Å². The van der Waals surface area contributed by atoms with E-state index in [1.54, 1.807) is 6.20 Å². The highest BCUT2D eigenvalue weighted by molar-refractivity contribution is 5.78. The molecule has 1 aromatic rings. The van der Waals surface area contributed by atoms with Gasteiger partial charge in [0, 0.05) is 51.5 Å². The highest BCUT2D eigenvalue weighted by Gasteiger charge is 2.27. The van der Waals surface area contributed by atoms with Gasteiger partial charge < -0.3 is 15.0 Å². The molecule has 0 aromatic carbocycles. The highest BCUT2D eigenvalue weighted by atomic mass is 16.5. The fraction of sp³-hybridized carbons (Fsp3) is 0.706. The minimum Gasteiger partial charge on any atom is -0.374 e. The van der Waals surface area contributed by atoms with E-state index in [0.29, 0.717) is 26.2 Å². The molecule has 8 nitrogen and oxygen atoms in total. The van der Waals surface area contributed by atoms with Crippen molar-refractivity contribution >= 4 is 11.8 Å². The number of carbonyl (C=O) groups is 2. The van der Waals surface area contributed by atoms with E-state index in [1.165, 1.54) is 6.92 Å². The molecule has 25 heavy (non-hydrogen) atoms. The van der Waals surface area contributed by atoms with Crippen LogP contribution in [0.2, 0.25) is 0 Å². The lowest BCUT2D eigenvalue weighted by atomic mass is 10.1. The van der Waals surface area contributed by atoms with E-state index in [9.17, 15) is 9.59 Å². The number of piperidine rings is 1. The van der Waals surface area contributed by atoms with Gasteiger partial charge in [-0.25, -0.2) is 0 Å². The lowest BCUT2D eigenvalue weighted by Gasteiger charge is -2.36. The van der Waals surface area contributed by atoms with Gasteiger partial charge in [-0.15, -0.1) is 0 Å². The molecule has 3 rings (SSSR count). The topological polar surface area (TPSA) is 79.7 Å². The molecule has 1 N–H and O–H groups in total. The van der Waals surface area contributed by atoms with Crippen molar-refractivity contribution in [2.24, 2.45) is 0 Å². The van der Waals surface area contributed by atoms with Gasteiger partial charge in [-0.05, 0) is 18.9 Å². The van der Waals surface area contributed by atoms with Crippen LogP contribution in [0.25, 0.3) is 0 Å². The Labute approximate surface area is 148 Å². The number of hydrogen-bond acceptors (Lipinski definition) is 5. The van der Waals surface area contributed by atoms with Crippen molar-refractivity contribution in [3.05, 3.63) is 18.5 Å². The molecule has 2 aliphatic rings. The average molecular weight is 349 g/mol. The van der Waals surface area contributed by atoms with Gasteiger partial charge in [0.2, 0.25) is 11.8 Å². The molecule has 0 bridgehead atoms. The number of likely N-dealkylation sites (tertiary alicyclic amines) is 1. The highest BCUT2D eigenvalue weighted by Crippen LogP contribution is 2.12. The summed E-state index contributed by atoms with van der Waals surface area (Å²) in [5, 5.41) is 7.14. The summed E-state index contributed by atoms with van der Waals surface area (Å²) in [4.78, 5) is 27.9. The maximum Gasteiger partial charge on any atom is 0.236 e. The Balaban J connectivity index is 1.47. The molecule has 0 radical (unpaired) electrons. The van der Waals surface area contributed by atoms with Gasteiger partial charge in [-0.3, -0.25) is 19.2 Å². The van der Waals surface area contributed by atoms with Crippen molar-refractivity contribution in [3.63, 3.8) is 0 Å². The van der Waals surface area contributed by atoms with Crippen LogP contribution in [0.5, 0.6) is 0 Å². The number of carbonyl (C=O) groups excluding carboxylic acids is 2. The normalized spacial score (nSPS) is 24.9. The van der Waals surface area contributed by atoms with Crippen LogP contribution in [0.4, 0.5) is 0 Å². The maximum absolute atomic E-state index is 12.6. The van der Waals surface area contributed by atoms with Crippen molar-refractivity contribution in [1.29, 1.82) is 0 Å². The van der Waals surface area contributed by atoms with E-state index < -0.39 is 0 Å². The first kappa shape index (κ1) is 17.9. The number of aromatic nitrogens is 2. The molecular weight excluding hydrogens is 322 g/mol. The Bertz CT molecular complexity index is 577. The molecule has 0 spiro atoms. The van der Waals surface area contributed by atoms with Crippen LogP contribution in [-0.2, 0) is 20.9 Å². The number of nitrogens with zero attached hydrogens (tertiary/aromatic N) is 4. The summed E-state index contributed by atoms with van der Waals surface area (Å²) < 4.78 is 7.65. The number of rotatable bonds is 5. The van der Waals surface area contributed by atoms with Gasteiger partial charge in [0.05, 0.1) is 25.8 Å². The number of ether oxygens (including phenoxy) is 1. The zero-order valence-electron chi connectivity index (χ0n) is 14.8. The number of morpholine rings is 1. The third kappa shape index (κ3) is 5.27. The summed E-state index contributed by atoms with van der Waals surface area (Å²) >= 11 is 0. The lowest BCUT2D eigenvalue weighted by Crippen LogP contribution is -2.53. The van der Waals surface area contributed by atoms with E-state index in [1.807, 2.05) is 21.8 Å². The summed E-state index contributed by atoms with van der Waals surface area (Å²) in [5.41, 5.74) is 0. The molecule has 2 amide bonds. The largest absolute Gasteiger partial charge is 0.374 e. The molecule has 2 saturated heterocycles. The summed E-state index contributed by atoms with van der Waals surface area (Å²) in [6.45, 7) is 6.15. The predicted molar refractivity (Wildman–Crippen MR) is 91.8 cm³/mol. The predicted octanol–water partition coefficient (Wildman–Crippen LogP) is -0.289. The summed E-state index contributed by atoms with van der Waals surface area (Å²) in [6.07, 6.45) is 5.60. The van der Waals surface area contributed by atoms with Crippen LogP contribution in [0.1, 0.15) is 19.8 Å². The van der Waals surface area contributed by atoms with E-state index in [0.717, 1.165) is 32.5 Å². The summed E-state index contributed by atoms with van der Waals surface area (Å²) in [5.74, 6) is 0.101. The van der Waals surface area contributed by atoms with Crippen LogP contribution in [0.15, 0.2) is 18.5 Å². The van der Waals surface area contributed by atoms with Crippen LogP contribution < -0.4 is 5.32 Å². The maximum atomic E-state index is 12.6. The first-order valence-corrected chi connectivity index (χ1v) is 8.96. The van der Waals surface area contributed by atoms with Gasteiger partial charge in [-0.2, -0.15) is 5.10 Å². The van der Waals surface area contributed by atoms with Crippen molar-refractivity contribution in [2.75, 3.05) is 39.3 Å². The fourth-order valence-corrected chi connectivity index (χ4v) is 3.55. The average Bonchev–Trinajstić information content (AvgIpc) is 3.08. The number of hydrogen-bond donors (Lipinski definition) is 1. The molecule has 2 fully saturated rings. The van der Waals surface area contributed by atoms with Crippen molar-refractivity contribution in [3.8, 4) is 0 Å². The molecular formula is C17H27N5O3. The molecule has 8 heteroatoms. The first-order chi connectivity index (χ1) is 12.1. The molecule has 1 aromatic heterocycles. The monoisotopic (exact) mass is 349 g/mol. The Kier molecular flexibility index (Phi) is 6.04. The summed E-state index contributed by atoms with van der Waals surface area (Å²) in [7, 11) is 0. The van der Waals surface area contributed by atoms with Crippen molar-refractivity contribution in [1.82, 2.24) is 24.9 Å². The number of nitrogens with one attached hydrogen (secondary N) is 1. The zero-order valence-corrected chi connectivity index (χ0v) is 14.8. The van der Waals surface area contributed by atoms with Crippen LogP contribution in [-0.4, -0.2) is 82.9 Å². The molecule has 138 valence electrons. The minimum absolute atomic E-state index is 0.0334. The molecule has 0 aliphatic carbocycles. The Morgan fingerprint density at radius 3 is 2.96 bits per heavy atom. The lowest BCUT2D eigenvalue weighted by molar-refractivity contribution is -0.136. The van der Waals surface area contributed by atoms with Crippen molar-refractivity contribution in [2.45, 2.75) is 38.5 Å². The Morgan fingerprint density at radius 2 is 2.20 bits per heavy atom. The van der Waals surface area contributed by atoms with Gasteiger partial charge in [0.25, 0.3) is 0 Å². The molecule has 0 saturated carbocycles. The summed E-state index contributed by atoms with van der Waals surface area (Å²) in [6, 6.07) is 1.97. The van der Waals surface area contributed by atoms with Crippen LogP contribution >= 0.6 is 0 Å². The third-order valence-corrected chi connectivity index (χ3v) is 4.71. The van der Waals surface area contributed by atoms with E-state index in [4.69, 9.17) is 4.74 Å². The minimum atomic E-state index is -0.0334. The first-order valence-electron chi connectivity index (χ1n) is 8.96. The second-order valence-corrected chi connectivity index (χ2v) is 6.84. The SMILES string of the molecule is CC(=O)N[C@@H]1CCCN(C(=O)CN2CCO[C@@H](Cn3cccn3)C2)C1. The second-order valence-electron chi connectivity index (χ2n) is 6.84. The smallest absolute Gasteiger partial charge is 0.236 e.